The molecule has 75 heavy (non-hydrogen) atoms. The van der Waals surface area contributed by atoms with Crippen LogP contribution >= 0.6 is 0 Å². The molecule has 22 nitrogen and oxygen atoms in total. The third-order valence-electron chi connectivity index (χ3n) is 20.3. The number of aliphatic hydroxyl groups is 13. The van der Waals surface area contributed by atoms with Gasteiger partial charge in [0.15, 0.2) is 25.2 Å². The second kappa shape index (κ2) is 22.8. The number of carbonyl (C=O) groups excluding carboxylic acids is 1. The maximum atomic E-state index is 14.1. The standard InChI is InChI=1S/C53H88O22/c1-24(2)9-8-15-52(7,75-47-43(67)39(63)37(61)30(72-47)22-69-45-41(65)34(58)27(57)21-68-45)26-12-16-50(5)25(26)10-11-32-51(50,6)17-13-31-49(3,4)33(14-18-53(31,32)23-56)73-48-44(40(64)36(60)29(20-55)71-48)74-46-42(66)38(62)35(59)28(19-54)70-46/h9,23,25-48,54-55,57-67H,8,10-22H2,1-7H3/t25?,26?,27-,28-,29-,30-,31?,32?,33?,34+,35-,36-,37-,38+,39+,40+,41-,42-,43-,44-,45-,46+,47+,48+,50?,51?,52?,53?/m1/s1. The zero-order valence-corrected chi connectivity index (χ0v) is 44.4. The van der Waals surface area contributed by atoms with Crippen molar-refractivity contribution in [1.29, 1.82) is 0 Å². The molecule has 4 heterocycles. The number of allylic oxidation sites excluding steroid dienone is 2. The number of rotatable bonds is 16. The van der Waals surface area contributed by atoms with E-state index < -0.39 is 159 Å². The van der Waals surface area contributed by atoms with Crippen LogP contribution in [0.3, 0.4) is 0 Å². The van der Waals surface area contributed by atoms with E-state index in [-0.39, 0.29) is 41.1 Å². The van der Waals surface area contributed by atoms with Gasteiger partial charge in [-0.05, 0) is 125 Å². The Morgan fingerprint density at radius 1 is 0.613 bits per heavy atom. The SMILES string of the molecule is CC(C)=CCCC(C)(O[C@@H]1O[C@H](CO[C@H]2OC[C@@H](O)[C@H](O)[C@H]2O)[C@@H](O)[C@H](O)[C@H]1O)C1CCC2(C)C1CCC1C3(C=O)CCC(O[C@@H]4O[C@H](CO)[C@@H](O)[C@H](O)[C@H]4O[C@@H]4O[C@H](CO)[C@@H](O)[C@H](O)[C@H]4O)C(C)(C)C3CCC12C. The van der Waals surface area contributed by atoms with Crippen LogP contribution in [0.25, 0.3) is 0 Å². The van der Waals surface area contributed by atoms with Crippen LogP contribution in [-0.2, 0) is 42.7 Å². The Labute approximate surface area is 438 Å². The molecule has 9 unspecified atom stereocenters. The van der Waals surface area contributed by atoms with Crippen molar-refractivity contribution in [2.45, 2.75) is 241 Å². The second-order valence-corrected chi connectivity index (χ2v) is 24.9. The quantitative estimate of drug-likeness (QED) is 0.0483. The third-order valence-corrected chi connectivity index (χ3v) is 20.3. The lowest BCUT2D eigenvalue weighted by molar-refractivity contribution is -0.378. The average molecular weight is 1080 g/mol. The molecule has 8 aliphatic rings. The fourth-order valence-electron chi connectivity index (χ4n) is 15.8. The minimum atomic E-state index is -1.83. The summed E-state index contributed by atoms with van der Waals surface area (Å²) < 4.78 is 48.7. The molecular weight excluding hydrogens is 989 g/mol. The number of ether oxygens (including phenoxy) is 8. The molecule has 0 aromatic rings. The van der Waals surface area contributed by atoms with Gasteiger partial charge in [-0.1, -0.05) is 39.3 Å². The van der Waals surface area contributed by atoms with E-state index in [1.165, 1.54) is 6.29 Å². The molecule has 0 radical (unpaired) electrons. The van der Waals surface area contributed by atoms with Gasteiger partial charge >= 0.3 is 0 Å². The van der Waals surface area contributed by atoms with Crippen LogP contribution < -0.4 is 0 Å². The topological polar surface area (TPSA) is 354 Å². The lowest BCUT2D eigenvalue weighted by atomic mass is 9.35. The van der Waals surface area contributed by atoms with Crippen molar-refractivity contribution in [2.24, 2.45) is 45.3 Å². The summed E-state index contributed by atoms with van der Waals surface area (Å²) in [6.07, 6.45) is -20.1. The largest absolute Gasteiger partial charge is 0.394 e. The zero-order valence-electron chi connectivity index (χ0n) is 44.4. The molecule has 4 saturated carbocycles. The van der Waals surface area contributed by atoms with Gasteiger partial charge in [0.1, 0.15) is 97.8 Å². The van der Waals surface area contributed by atoms with Crippen LogP contribution in [0.1, 0.15) is 113 Å². The zero-order chi connectivity index (χ0) is 54.9. The summed E-state index contributed by atoms with van der Waals surface area (Å²) in [4.78, 5) is 14.1. The van der Waals surface area contributed by atoms with E-state index in [0.717, 1.165) is 37.7 Å². The number of fused-ring (bicyclic) bond motifs is 5. The summed E-state index contributed by atoms with van der Waals surface area (Å²) >= 11 is 0. The van der Waals surface area contributed by atoms with Crippen molar-refractivity contribution < 1.29 is 109 Å². The maximum Gasteiger partial charge on any atom is 0.187 e. The first-order chi connectivity index (χ1) is 35.2. The van der Waals surface area contributed by atoms with E-state index >= 15 is 0 Å². The molecule has 432 valence electrons. The Morgan fingerprint density at radius 3 is 1.84 bits per heavy atom. The van der Waals surface area contributed by atoms with E-state index in [0.29, 0.717) is 32.1 Å². The van der Waals surface area contributed by atoms with Crippen molar-refractivity contribution >= 4 is 6.29 Å². The van der Waals surface area contributed by atoms with E-state index in [1.807, 2.05) is 20.8 Å². The molecule has 4 aliphatic heterocycles. The maximum absolute atomic E-state index is 14.1. The summed E-state index contributed by atoms with van der Waals surface area (Å²) in [6, 6.07) is 0. The van der Waals surface area contributed by atoms with Crippen LogP contribution in [-0.4, -0.2) is 228 Å². The summed E-state index contributed by atoms with van der Waals surface area (Å²) in [5.41, 5.74) is -1.88. The third kappa shape index (κ3) is 10.5. The van der Waals surface area contributed by atoms with Crippen LogP contribution in [0, 0.1) is 45.3 Å². The highest BCUT2D eigenvalue weighted by molar-refractivity contribution is 5.62. The van der Waals surface area contributed by atoms with Crippen molar-refractivity contribution in [2.75, 3.05) is 26.4 Å². The molecule has 22 heteroatoms. The fourth-order valence-corrected chi connectivity index (χ4v) is 15.8. The molecule has 28 atom stereocenters. The monoisotopic (exact) mass is 1080 g/mol. The minimum Gasteiger partial charge on any atom is -0.394 e. The Balaban J connectivity index is 1.01. The molecule has 4 aliphatic carbocycles. The van der Waals surface area contributed by atoms with Gasteiger partial charge in [0.05, 0.1) is 38.1 Å². The van der Waals surface area contributed by atoms with E-state index in [1.54, 1.807) is 0 Å². The Bertz CT molecular complexity index is 1960. The summed E-state index contributed by atoms with van der Waals surface area (Å²) in [7, 11) is 0. The molecule has 13 N–H and O–H groups in total. The van der Waals surface area contributed by atoms with E-state index in [9.17, 15) is 71.2 Å². The first-order valence-electron chi connectivity index (χ1n) is 27.2. The van der Waals surface area contributed by atoms with Crippen LogP contribution in [0.2, 0.25) is 0 Å². The molecule has 8 fully saturated rings. The number of aldehydes is 1. The molecule has 0 aromatic heterocycles. The summed E-state index contributed by atoms with van der Waals surface area (Å²) in [5, 5.41) is 138. The molecule has 0 bridgehead atoms. The predicted octanol–water partition coefficient (Wildman–Crippen LogP) is -1.36. The summed E-state index contributed by atoms with van der Waals surface area (Å²) in [6.45, 7) is 12.7. The van der Waals surface area contributed by atoms with Gasteiger partial charge in [-0.15, -0.1) is 0 Å². The van der Waals surface area contributed by atoms with Gasteiger partial charge in [-0.2, -0.15) is 0 Å². The second-order valence-electron chi connectivity index (χ2n) is 24.9. The summed E-state index contributed by atoms with van der Waals surface area (Å²) in [5.74, 6) is -0.161. The molecule has 0 aromatic carbocycles. The minimum absolute atomic E-state index is 0.0276. The lowest BCUT2D eigenvalue weighted by Gasteiger charge is -2.69. The Kier molecular flexibility index (Phi) is 18.2. The Hall–Kier alpha value is -1.43. The predicted molar refractivity (Wildman–Crippen MR) is 259 cm³/mol. The number of carbonyl (C=O) groups is 1. The Morgan fingerprint density at radius 2 is 1.20 bits per heavy atom. The van der Waals surface area contributed by atoms with Gasteiger partial charge in [0.2, 0.25) is 0 Å². The smallest absolute Gasteiger partial charge is 0.187 e. The highest BCUT2D eigenvalue weighted by atomic mass is 16.8. The molecule has 0 spiro atoms. The van der Waals surface area contributed by atoms with Crippen molar-refractivity contribution in [3.63, 3.8) is 0 Å². The van der Waals surface area contributed by atoms with Crippen LogP contribution in [0.15, 0.2) is 11.6 Å². The van der Waals surface area contributed by atoms with Crippen molar-refractivity contribution in [1.82, 2.24) is 0 Å². The van der Waals surface area contributed by atoms with Crippen molar-refractivity contribution in [3.8, 4) is 0 Å². The molecule has 8 rings (SSSR count). The van der Waals surface area contributed by atoms with Gasteiger partial charge < -0.3 is 109 Å². The number of hydrogen-bond acceptors (Lipinski definition) is 22. The first kappa shape index (κ1) is 59.7. The van der Waals surface area contributed by atoms with E-state index in [2.05, 4.69) is 33.8 Å². The number of hydrogen-bond donors (Lipinski definition) is 13. The van der Waals surface area contributed by atoms with Gasteiger partial charge in [0, 0.05) is 5.41 Å². The van der Waals surface area contributed by atoms with Gasteiger partial charge in [-0.3, -0.25) is 0 Å². The van der Waals surface area contributed by atoms with Gasteiger partial charge in [-0.25, -0.2) is 0 Å². The molecule has 0 amide bonds. The molecular formula is C53H88O22. The molecule has 4 saturated heterocycles. The average Bonchev–Trinajstić information content (AvgIpc) is 3.74. The first-order valence-corrected chi connectivity index (χ1v) is 27.2. The van der Waals surface area contributed by atoms with E-state index in [4.69, 9.17) is 37.9 Å². The van der Waals surface area contributed by atoms with Crippen molar-refractivity contribution in [3.05, 3.63) is 11.6 Å². The van der Waals surface area contributed by atoms with Gasteiger partial charge in [0.25, 0.3) is 0 Å². The highest BCUT2D eigenvalue weighted by Crippen LogP contribution is 2.76. The fraction of sp³-hybridized carbons (Fsp3) is 0.943. The highest BCUT2D eigenvalue weighted by Gasteiger charge is 2.71. The van der Waals surface area contributed by atoms with Crippen LogP contribution in [0.5, 0.6) is 0 Å². The van der Waals surface area contributed by atoms with Crippen LogP contribution in [0.4, 0.5) is 0 Å². The lowest BCUT2D eigenvalue weighted by Crippen LogP contribution is -2.67. The number of aliphatic hydroxyl groups excluding tert-OH is 13. The normalized spacial score (nSPS) is 51.7.